The van der Waals surface area contributed by atoms with E-state index in [0.29, 0.717) is 33.8 Å². The van der Waals surface area contributed by atoms with Crippen LogP contribution in [-0.2, 0) is 17.9 Å². The van der Waals surface area contributed by atoms with E-state index in [4.69, 9.17) is 23.2 Å². The van der Waals surface area contributed by atoms with E-state index in [-0.39, 0.29) is 6.54 Å². The molecule has 0 saturated heterocycles. The summed E-state index contributed by atoms with van der Waals surface area (Å²) in [5.74, 6) is 0.0398. The molecule has 0 aliphatic rings. The van der Waals surface area contributed by atoms with Crippen molar-refractivity contribution in [3.63, 3.8) is 0 Å². The summed E-state index contributed by atoms with van der Waals surface area (Å²) in [7, 11) is 0. The molecular weight excluding hydrogens is 451 g/mol. The third-order valence-corrected chi connectivity index (χ3v) is 5.16. The largest absolute Gasteiger partial charge is 0.271 e. The van der Waals surface area contributed by atoms with Gasteiger partial charge in [-0.25, -0.2) is 10.1 Å². The maximum Gasteiger partial charge on any atom is 0.263 e. The zero-order chi connectivity index (χ0) is 22.5. The molecule has 2 heterocycles. The number of aromatic nitrogens is 6. The molecule has 2 aromatic heterocycles. The Morgan fingerprint density at radius 3 is 2.59 bits per heavy atom. The lowest BCUT2D eigenvalue weighted by atomic mass is 10.2. The fraction of sp³-hybridized carbons (Fsp3) is 0.143. The molecule has 32 heavy (non-hydrogen) atoms. The summed E-state index contributed by atoms with van der Waals surface area (Å²) in [6.45, 7) is 2.18. The summed E-state index contributed by atoms with van der Waals surface area (Å²) in [5, 5.41) is 21.6. The molecule has 0 fully saturated rings. The number of nitrogens with zero attached hydrogens (tertiary/aromatic N) is 7. The molecule has 2 aromatic carbocycles. The van der Waals surface area contributed by atoms with Crippen molar-refractivity contribution in [2.45, 2.75) is 20.0 Å². The molecule has 0 radical (unpaired) electrons. The summed E-state index contributed by atoms with van der Waals surface area (Å²) in [6.07, 6.45) is 1.46. The minimum atomic E-state index is -0.402. The summed E-state index contributed by atoms with van der Waals surface area (Å²) in [6, 6.07) is 16.8. The Morgan fingerprint density at radius 2 is 1.84 bits per heavy atom. The van der Waals surface area contributed by atoms with Crippen LogP contribution in [0.4, 0.5) is 0 Å². The van der Waals surface area contributed by atoms with Gasteiger partial charge in [0.25, 0.3) is 5.91 Å². The van der Waals surface area contributed by atoms with Crippen molar-refractivity contribution in [1.82, 2.24) is 35.4 Å². The SMILES string of the molecule is Cc1nn(Cc2ccc(Cl)cc2)c(Cl)c1C=NNC(=O)Cn1nnc(-c2ccccc2)n1. The molecule has 1 amide bonds. The van der Waals surface area contributed by atoms with Gasteiger partial charge in [0.1, 0.15) is 11.7 Å². The monoisotopic (exact) mass is 468 g/mol. The molecule has 0 saturated carbocycles. The predicted molar refractivity (Wildman–Crippen MR) is 122 cm³/mol. The number of amides is 1. The molecule has 0 spiro atoms. The second-order valence-corrected chi connectivity index (χ2v) is 7.67. The second-order valence-electron chi connectivity index (χ2n) is 6.88. The second kappa shape index (κ2) is 9.71. The molecule has 0 atom stereocenters. The first-order chi connectivity index (χ1) is 15.5. The van der Waals surface area contributed by atoms with Crippen LogP contribution in [-0.4, -0.2) is 42.1 Å². The third kappa shape index (κ3) is 5.19. The number of nitrogens with one attached hydrogen (secondary N) is 1. The Kier molecular flexibility index (Phi) is 6.58. The van der Waals surface area contributed by atoms with E-state index in [9.17, 15) is 4.79 Å². The zero-order valence-corrected chi connectivity index (χ0v) is 18.5. The van der Waals surface area contributed by atoms with Crippen LogP contribution in [0.15, 0.2) is 59.7 Å². The first-order valence-corrected chi connectivity index (χ1v) is 10.4. The number of halogens is 2. The summed E-state index contributed by atoms with van der Waals surface area (Å²) < 4.78 is 1.66. The third-order valence-electron chi connectivity index (χ3n) is 4.51. The number of carbonyl (C=O) groups is 1. The maximum absolute atomic E-state index is 12.2. The molecule has 4 rings (SSSR count). The van der Waals surface area contributed by atoms with Crippen LogP contribution in [0.2, 0.25) is 10.2 Å². The van der Waals surface area contributed by atoms with Gasteiger partial charge >= 0.3 is 0 Å². The highest BCUT2D eigenvalue weighted by Gasteiger charge is 2.13. The fourth-order valence-electron chi connectivity index (χ4n) is 2.93. The molecule has 0 aliphatic heterocycles. The van der Waals surface area contributed by atoms with Gasteiger partial charge < -0.3 is 0 Å². The normalized spacial score (nSPS) is 11.2. The van der Waals surface area contributed by atoms with Gasteiger partial charge in [-0.15, -0.1) is 10.2 Å². The van der Waals surface area contributed by atoms with Gasteiger partial charge in [-0.3, -0.25) is 4.79 Å². The number of hydrazone groups is 1. The van der Waals surface area contributed by atoms with E-state index in [1.54, 1.807) is 4.68 Å². The molecule has 9 nitrogen and oxygen atoms in total. The number of hydrogen-bond donors (Lipinski definition) is 1. The molecule has 11 heteroatoms. The van der Waals surface area contributed by atoms with Gasteiger partial charge in [0.05, 0.1) is 24.0 Å². The number of rotatable bonds is 7. The lowest BCUT2D eigenvalue weighted by Crippen LogP contribution is -2.24. The molecular formula is C21H18Cl2N8O. The van der Waals surface area contributed by atoms with Crippen molar-refractivity contribution in [3.8, 4) is 11.4 Å². The van der Waals surface area contributed by atoms with Crippen molar-refractivity contribution >= 4 is 35.3 Å². The van der Waals surface area contributed by atoms with E-state index in [2.05, 4.69) is 31.0 Å². The Labute approximate surface area is 193 Å². The highest BCUT2D eigenvalue weighted by molar-refractivity contribution is 6.32. The van der Waals surface area contributed by atoms with Crippen molar-refractivity contribution in [3.05, 3.63) is 81.6 Å². The molecule has 4 aromatic rings. The Balaban J connectivity index is 1.36. The van der Waals surface area contributed by atoms with E-state index < -0.39 is 5.91 Å². The highest BCUT2D eigenvalue weighted by atomic mass is 35.5. The summed E-state index contributed by atoms with van der Waals surface area (Å²) in [5.41, 5.74) is 5.57. The molecule has 162 valence electrons. The number of carbonyl (C=O) groups excluding carboxylic acids is 1. The average molecular weight is 469 g/mol. The Morgan fingerprint density at radius 1 is 1.09 bits per heavy atom. The van der Waals surface area contributed by atoms with Gasteiger partial charge in [0.15, 0.2) is 0 Å². The van der Waals surface area contributed by atoms with E-state index in [0.717, 1.165) is 11.1 Å². The first kappa shape index (κ1) is 21.7. The molecule has 0 aliphatic carbocycles. The van der Waals surface area contributed by atoms with Crippen molar-refractivity contribution < 1.29 is 4.79 Å². The lowest BCUT2D eigenvalue weighted by molar-refractivity contribution is -0.122. The number of benzene rings is 2. The van der Waals surface area contributed by atoms with Crippen LogP contribution in [0.1, 0.15) is 16.8 Å². The smallest absolute Gasteiger partial charge is 0.263 e. The number of tetrazole rings is 1. The summed E-state index contributed by atoms with van der Waals surface area (Å²) >= 11 is 12.4. The van der Waals surface area contributed by atoms with Crippen molar-refractivity contribution in [1.29, 1.82) is 0 Å². The quantitative estimate of drug-likeness (QED) is 0.330. The van der Waals surface area contributed by atoms with E-state index in [1.165, 1.54) is 11.0 Å². The molecule has 0 unspecified atom stereocenters. The maximum atomic E-state index is 12.2. The lowest BCUT2D eigenvalue weighted by Gasteiger charge is -2.03. The minimum absolute atomic E-state index is 0.125. The molecule has 0 bridgehead atoms. The van der Waals surface area contributed by atoms with E-state index >= 15 is 0 Å². The highest BCUT2D eigenvalue weighted by Crippen LogP contribution is 2.20. The van der Waals surface area contributed by atoms with Crippen LogP contribution >= 0.6 is 23.2 Å². The Bertz CT molecular complexity index is 1250. The van der Waals surface area contributed by atoms with Crippen LogP contribution in [0.3, 0.4) is 0 Å². The first-order valence-electron chi connectivity index (χ1n) is 9.62. The number of aryl methyl sites for hydroxylation is 1. The Hall–Kier alpha value is -3.56. The predicted octanol–water partition coefficient (Wildman–Crippen LogP) is 3.35. The van der Waals surface area contributed by atoms with Crippen LogP contribution in [0, 0.1) is 6.92 Å². The van der Waals surface area contributed by atoms with Crippen LogP contribution < -0.4 is 5.43 Å². The van der Waals surface area contributed by atoms with Gasteiger partial charge in [-0.1, -0.05) is 65.7 Å². The zero-order valence-electron chi connectivity index (χ0n) is 17.0. The fourth-order valence-corrected chi connectivity index (χ4v) is 3.34. The van der Waals surface area contributed by atoms with Gasteiger partial charge in [-0.2, -0.15) is 15.0 Å². The van der Waals surface area contributed by atoms with E-state index in [1.807, 2.05) is 61.5 Å². The van der Waals surface area contributed by atoms with Gasteiger partial charge in [0, 0.05) is 10.6 Å². The minimum Gasteiger partial charge on any atom is -0.271 e. The van der Waals surface area contributed by atoms with Crippen LogP contribution in [0.25, 0.3) is 11.4 Å². The molecule has 1 N–H and O–H groups in total. The standard InChI is InChI=1S/C21H18Cl2N8O/c1-14-18(20(23)30(27-14)12-15-7-9-17(22)10-8-15)11-24-25-19(32)13-31-28-21(26-29-31)16-5-3-2-4-6-16/h2-11H,12-13H2,1H3,(H,25,32). The summed E-state index contributed by atoms with van der Waals surface area (Å²) in [4.78, 5) is 13.4. The average Bonchev–Trinajstić information content (AvgIpc) is 3.36. The topological polar surface area (TPSA) is 103 Å². The van der Waals surface area contributed by atoms with Gasteiger partial charge in [0.2, 0.25) is 5.82 Å². The van der Waals surface area contributed by atoms with Gasteiger partial charge in [-0.05, 0) is 29.8 Å². The van der Waals surface area contributed by atoms with Crippen LogP contribution in [0.5, 0.6) is 0 Å². The van der Waals surface area contributed by atoms with Crippen molar-refractivity contribution in [2.24, 2.45) is 5.10 Å². The van der Waals surface area contributed by atoms with Crippen molar-refractivity contribution in [2.75, 3.05) is 0 Å². The number of hydrogen-bond acceptors (Lipinski definition) is 6.